The van der Waals surface area contributed by atoms with E-state index in [1.165, 1.54) is 11.1 Å². The number of likely N-dealkylation sites (tertiary alicyclic amines) is 1. The van der Waals surface area contributed by atoms with Gasteiger partial charge < -0.3 is 9.80 Å². The minimum absolute atomic E-state index is 0.0160. The third kappa shape index (κ3) is 3.28. The second-order valence-electron chi connectivity index (χ2n) is 6.74. The van der Waals surface area contributed by atoms with Crippen LogP contribution in [0.5, 0.6) is 0 Å². The monoisotopic (exact) mass is 363 g/mol. The fourth-order valence-corrected chi connectivity index (χ4v) is 3.42. The van der Waals surface area contributed by atoms with Gasteiger partial charge in [0.1, 0.15) is 5.56 Å². The molecule has 7 nitrogen and oxygen atoms in total. The summed E-state index contributed by atoms with van der Waals surface area (Å²) in [6, 6.07) is 11.7. The molecule has 3 aromatic rings. The summed E-state index contributed by atoms with van der Waals surface area (Å²) in [6.07, 6.45) is 5.26. The first-order chi connectivity index (χ1) is 13.1. The van der Waals surface area contributed by atoms with E-state index in [0.717, 1.165) is 37.2 Å². The van der Waals surface area contributed by atoms with Gasteiger partial charge in [-0.25, -0.2) is 9.50 Å². The lowest BCUT2D eigenvalue weighted by Crippen LogP contribution is -2.39. The number of carbonyl (C=O) groups excluding carboxylic acids is 2. The SMILES string of the molecule is CN(CC(=O)N1CCCC1)C(=O)c1cnn2c(-c3ccccc3)ccnc12. The number of likely N-dealkylation sites (N-methyl/N-ethyl adjacent to an activating group) is 1. The fraction of sp³-hybridized carbons (Fsp3) is 0.300. The third-order valence-corrected chi connectivity index (χ3v) is 4.88. The molecule has 0 saturated carbocycles. The van der Waals surface area contributed by atoms with Gasteiger partial charge in [0.15, 0.2) is 5.65 Å². The van der Waals surface area contributed by atoms with Crippen molar-refractivity contribution in [3.63, 3.8) is 0 Å². The third-order valence-electron chi connectivity index (χ3n) is 4.88. The summed E-state index contributed by atoms with van der Waals surface area (Å²) in [5.74, 6) is -0.270. The van der Waals surface area contributed by atoms with Crippen molar-refractivity contribution in [1.29, 1.82) is 0 Å². The number of carbonyl (C=O) groups is 2. The molecule has 1 aromatic carbocycles. The van der Waals surface area contributed by atoms with Crippen LogP contribution in [0.15, 0.2) is 48.8 Å². The van der Waals surface area contributed by atoms with Crippen molar-refractivity contribution >= 4 is 17.5 Å². The van der Waals surface area contributed by atoms with Crippen LogP contribution in [-0.4, -0.2) is 62.9 Å². The normalized spacial score (nSPS) is 13.9. The van der Waals surface area contributed by atoms with Gasteiger partial charge in [0.2, 0.25) is 5.91 Å². The van der Waals surface area contributed by atoms with Gasteiger partial charge in [0, 0.05) is 31.9 Å². The summed E-state index contributed by atoms with van der Waals surface area (Å²) in [6.45, 7) is 1.62. The lowest BCUT2D eigenvalue weighted by molar-refractivity contribution is -0.130. The first-order valence-electron chi connectivity index (χ1n) is 9.06. The number of hydrogen-bond acceptors (Lipinski definition) is 4. The van der Waals surface area contributed by atoms with Gasteiger partial charge in [0.25, 0.3) is 5.91 Å². The maximum Gasteiger partial charge on any atom is 0.259 e. The lowest BCUT2D eigenvalue weighted by atomic mass is 10.1. The van der Waals surface area contributed by atoms with Crippen LogP contribution in [-0.2, 0) is 4.79 Å². The highest BCUT2D eigenvalue weighted by Gasteiger charge is 2.24. The van der Waals surface area contributed by atoms with Crippen LogP contribution < -0.4 is 0 Å². The smallest absolute Gasteiger partial charge is 0.259 e. The number of fused-ring (bicyclic) bond motifs is 1. The van der Waals surface area contributed by atoms with Gasteiger partial charge >= 0.3 is 0 Å². The quantitative estimate of drug-likeness (QED) is 0.712. The zero-order chi connectivity index (χ0) is 18.8. The molecule has 0 aliphatic carbocycles. The van der Waals surface area contributed by atoms with Crippen molar-refractivity contribution in [1.82, 2.24) is 24.4 Å². The molecule has 1 aliphatic rings. The highest BCUT2D eigenvalue weighted by atomic mass is 16.2. The molecule has 0 spiro atoms. The number of benzene rings is 1. The van der Waals surface area contributed by atoms with Crippen molar-refractivity contribution < 1.29 is 9.59 Å². The van der Waals surface area contributed by atoms with Gasteiger partial charge in [-0.1, -0.05) is 30.3 Å². The van der Waals surface area contributed by atoms with Gasteiger partial charge in [0.05, 0.1) is 18.4 Å². The molecular weight excluding hydrogens is 342 g/mol. The van der Waals surface area contributed by atoms with E-state index in [1.54, 1.807) is 17.8 Å². The van der Waals surface area contributed by atoms with Crippen LogP contribution in [0.1, 0.15) is 23.2 Å². The van der Waals surface area contributed by atoms with E-state index in [1.807, 2.05) is 41.3 Å². The van der Waals surface area contributed by atoms with Crippen LogP contribution >= 0.6 is 0 Å². The van der Waals surface area contributed by atoms with E-state index in [0.29, 0.717) is 11.2 Å². The molecule has 3 heterocycles. The second-order valence-corrected chi connectivity index (χ2v) is 6.74. The molecule has 2 aromatic heterocycles. The first-order valence-corrected chi connectivity index (χ1v) is 9.06. The molecule has 1 fully saturated rings. The Labute approximate surface area is 157 Å². The topological polar surface area (TPSA) is 70.8 Å². The minimum Gasteiger partial charge on any atom is -0.341 e. The van der Waals surface area contributed by atoms with E-state index < -0.39 is 0 Å². The average molecular weight is 363 g/mol. The molecule has 7 heteroatoms. The van der Waals surface area contributed by atoms with E-state index in [9.17, 15) is 9.59 Å². The van der Waals surface area contributed by atoms with E-state index in [4.69, 9.17) is 0 Å². The number of rotatable bonds is 4. The van der Waals surface area contributed by atoms with Gasteiger partial charge in [-0.15, -0.1) is 0 Å². The summed E-state index contributed by atoms with van der Waals surface area (Å²) in [7, 11) is 1.64. The van der Waals surface area contributed by atoms with E-state index in [2.05, 4.69) is 10.1 Å². The second kappa shape index (κ2) is 7.19. The highest BCUT2D eigenvalue weighted by Crippen LogP contribution is 2.21. The lowest BCUT2D eigenvalue weighted by Gasteiger charge is -2.21. The van der Waals surface area contributed by atoms with Gasteiger partial charge in [-0.05, 0) is 18.9 Å². The van der Waals surface area contributed by atoms with Crippen LogP contribution in [0.3, 0.4) is 0 Å². The standard InChI is InChI=1S/C20H21N5O2/c1-23(14-18(26)24-11-5-6-12-24)20(27)16-13-22-25-17(9-10-21-19(16)25)15-7-3-2-4-8-15/h2-4,7-10,13H,5-6,11-12,14H2,1H3. The van der Waals surface area contributed by atoms with Crippen LogP contribution in [0.2, 0.25) is 0 Å². The molecular formula is C20H21N5O2. The molecule has 2 amide bonds. The van der Waals surface area contributed by atoms with Gasteiger partial charge in [-0.3, -0.25) is 9.59 Å². The Morgan fingerprint density at radius 2 is 1.85 bits per heavy atom. The number of hydrogen-bond donors (Lipinski definition) is 0. The maximum absolute atomic E-state index is 12.9. The molecule has 1 aliphatic heterocycles. The zero-order valence-electron chi connectivity index (χ0n) is 15.2. The molecule has 0 atom stereocenters. The molecule has 0 unspecified atom stereocenters. The molecule has 0 N–H and O–H groups in total. The maximum atomic E-state index is 12.9. The molecule has 27 heavy (non-hydrogen) atoms. The van der Waals surface area contributed by atoms with E-state index >= 15 is 0 Å². The highest BCUT2D eigenvalue weighted by molar-refractivity contribution is 6.01. The summed E-state index contributed by atoms with van der Waals surface area (Å²) < 4.78 is 1.67. The summed E-state index contributed by atoms with van der Waals surface area (Å²) >= 11 is 0. The Bertz CT molecular complexity index is 976. The fourth-order valence-electron chi connectivity index (χ4n) is 3.42. The molecule has 1 saturated heterocycles. The predicted octanol–water partition coefficient (Wildman–Crippen LogP) is 2.09. The summed E-state index contributed by atoms with van der Waals surface area (Å²) in [5.41, 5.74) is 2.73. The van der Waals surface area contributed by atoms with E-state index in [-0.39, 0.29) is 18.4 Å². The molecule has 0 radical (unpaired) electrons. The average Bonchev–Trinajstić information content (AvgIpc) is 3.37. The Balaban J connectivity index is 1.60. The zero-order valence-corrected chi connectivity index (χ0v) is 15.2. The molecule has 138 valence electrons. The van der Waals surface area contributed by atoms with Gasteiger partial charge in [-0.2, -0.15) is 5.10 Å². The van der Waals surface area contributed by atoms with Crippen molar-refractivity contribution in [3.8, 4) is 11.3 Å². The molecule has 0 bridgehead atoms. The Morgan fingerprint density at radius 1 is 1.11 bits per heavy atom. The Hall–Kier alpha value is -3.22. The van der Waals surface area contributed by atoms with Crippen molar-refractivity contribution in [2.24, 2.45) is 0 Å². The number of amides is 2. The largest absolute Gasteiger partial charge is 0.341 e. The summed E-state index contributed by atoms with van der Waals surface area (Å²) in [5, 5.41) is 4.37. The number of nitrogens with zero attached hydrogens (tertiary/aromatic N) is 5. The summed E-state index contributed by atoms with van der Waals surface area (Å²) in [4.78, 5) is 32.8. The first kappa shape index (κ1) is 17.2. The predicted molar refractivity (Wildman–Crippen MR) is 101 cm³/mol. The Kier molecular flexibility index (Phi) is 4.58. The Morgan fingerprint density at radius 3 is 2.59 bits per heavy atom. The number of aromatic nitrogens is 3. The van der Waals surface area contributed by atoms with Crippen molar-refractivity contribution in [3.05, 3.63) is 54.4 Å². The van der Waals surface area contributed by atoms with Crippen LogP contribution in [0.25, 0.3) is 16.9 Å². The minimum atomic E-state index is -0.254. The van der Waals surface area contributed by atoms with Crippen LogP contribution in [0, 0.1) is 0 Å². The van der Waals surface area contributed by atoms with Crippen molar-refractivity contribution in [2.45, 2.75) is 12.8 Å². The van der Waals surface area contributed by atoms with Crippen LogP contribution in [0.4, 0.5) is 0 Å². The molecule has 4 rings (SSSR count). The van der Waals surface area contributed by atoms with Crippen molar-refractivity contribution in [2.75, 3.05) is 26.7 Å².